The summed E-state index contributed by atoms with van der Waals surface area (Å²) in [6.07, 6.45) is 0.501. The third kappa shape index (κ3) is 3.07. The summed E-state index contributed by atoms with van der Waals surface area (Å²) < 4.78 is 9.88. The fraction of sp³-hybridized carbons (Fsp3) is 0.500. The van der Waals surface area contributed by atoms with Gasteiger partial charge in [-0.05, 0) is 19.8 Å². The lowest BCUT2D eigenvalue weighted by Crippen LogP contribution is -2.12. The minimum atomic E-state index is -0.620. The van der Waals surface area contributed by atoms with E-state index in [-0.39, 0.29) is 36.1 Å². The normalized spacial score (nSPS) is 10.4. The molecule has 0 aliphatic rings. The number of rotatable bonds is 6. The smallest absolute Gasteiger partial charge is 0.355 e. The van der Waals surface area contributed by atoms with E-state index in [9.17, 15) is 14.4 Å². The first kappa shape index (κ1) is 15.9. The van der Waals surface area contributed by atoms with E-state index < -0.39 is 11.9 Å². The fourth-order valence-corrected chi connectivity index (χ4v) is 1.99. The van der Waals surface area contributed by atoms with E-state index in [1.807, 2.05) is 13.8 Å². The van der Waals surface area contributed by atoms with Crippen LogP contribution in [-0.2, 0) is 9.47 Å². The summed E-state index contributed by atoms with van der Waals surface area (Å²) in [4.78, 5) is 37.7. The van der Waals surface area contributed by atoms with Crippen LogP contribution in [0, 0.1) is 0 Å². The van der Waals surface area contributed by atoms with Crippen LogP contribution in [0.5, 0.6) is 0 Å². The highest BCUT2D eigenvalue weighted by atomic mass is 16.5. The molecule has 0 unspecified atom stereocenters. The summed E-state index contributed by atoms with van der Waals surface area (Å²) in [6.45, 7) is 7.40. The van der Waals surface area contributed by atoms with Gasteiger partial charge in [0.2, 0.25) is 0 Å². The molecule has 0 aromatic carbocycles. The molecule has 20 heavy (non-hydrogen) atoms. The van der Waals surface area contributed by atoms with E-state index in [4.69, 9.17) is 9.47 Å². The van der Waals surface area contributed by atoms with Gasteiger partial charge in [0.05, 0.1) is 24.5 Å². The maximum Gasteiger partial charge on any atom is 0.355 e. The number of aldehydes is 1. The molecule has 1 aromatic heterocycles. The van der Waals surface area contributed by atoms with Gasteiger partial charge in [0.25, 0.3) is 0 Å². The van der Waals surface area contributed by atoms with E-state index in [1.54, 1.807) is 13.8 Å². The Labute approximate surface area is 117 Å². The van der Waals surface area contributed by atoms with Crippen molar-refractivity contribution in [3.8, 4) is 0 Å². The average molecular weight is 281 g/mol. The molecule has 1 rings (SSSR count). The Morgan fingerprint density at radius 3 is 2.15 bits per heavy atom. The Kier molecular flexibility index (Phi) is 5.49. The molecular weight excluding hydrogens is 262 g/mol. The first-order chi connectivity index (χ1) is 9.47. The number of H-pyrrole nitrogens is 1. The van der Waals surface area contributed by atoms with Gasteiger partial charge in [0.15, 0.2) is 6.29 Å². The van der Waals surface area contributed by atoms with Gasteiger partial charge in [-0.15, -0.1) is 0 Å². The van der Waals surface area contributed by atoms with E-state index in [2.05, 4.69) is 4.98 Å². The largest absolute Gasteiger partial charge is 0.462 e. The number of esters is 2. The Morgan fingerprint density at radius 1 is 1.15 bits per heavy atom. The third-order valence-corrected chi connectivity index (χ3v) is 2.72. The lowest BCUT2D eigenvalue weighted by atomic mass is 9.97. The zero-order chi connectivity index (χ0) is 15.3. The first-order valence-electron chi connectivity index (χ1n) is 6.53. The Morgan fingerprint density at radius 2 is 1.70 bits per heavy atom. The monoisotopic (exact) mass is 281 g/mol. The zero-order valence-corrected chi connectivity index (χ0v) is 12.1. The highest BCUT2D eigenvalue weighted by Gasteiger charge is 2.29. The minimum Gasteiger partial charge on any atom is -0.462 e. The maximum absolute atomic E-state index is 12.0. The molecule has 1 aromatic rings. The first-order valence-corrected chi connectivity index (χ1v) is 6.53. The molecule has 0 saturated heterocycles. The summed E-state index contributed by atoms with van der Waals surface area (Å²) in [5.41, 5.74) is 0.728. The number of hydrogen-bond donors (Lipinski definition) is 1. The number of carbonyl (C=O) groups is 3. The topological polar surface area (TPSA) is 85.5 Å². The van der Waals surface area contributed by atoms with Crippen LogP contribution in [0.25, 0.3) is 0 Å². The van der Waals surface area contributed by atoms with Crippen molar-refractivity contribution in [3.63, 3.8) is 0 Å². The van der Waals surface area contributed by atoms with Crippen LogP contribution in [0.1, 0.15) is 70.5 Å². The molecule has 0 spiro atoms. The Balaban J connectivity index is 3.44. The van der Waals surface area contributed by atoms with E-state index >= 15 is 0 Å². The second-order valence-electron chi connectivity index (χ2n) is 4.42. The van der Waals surface area contributed by atoms with Crippen LogP contribution >= 0.6 is 0 Å². The third-order valence-electron chi connectivity index (χ3n) is 2.72. The van der Waals surface area contributed by atoms with E-state index in [1.165, 1.54) is 0 Å². The number of aromatic nitrogens is 1. The van der Waals surface area contributed by atoms with Crippen molar-refractivity contribution in [1.82, 2.24) is 4.98 Å². The van der Waals surface area contributed by atoms with Gasteiger partial charge in [-0.1, -0.05) is 13.8 Å². The molecular formula is C14H19NO5. The van der Waals surface area contributed by atoms with Crippen molar-refractivity contribution in [3.05, 3.63) is 22.5 Å². The molecule has 6 heteroatoms. The van der Waals surface area contributed by atoms with Crippen LogP contribution in [0.15, 0.2) is 0 Å². The molecule has 1 heterocycles. The predicted octanol–water partition coefficient (Wildman–Crippen LogP) is 2.30. The Bertz CT molecular complexity index is 516. The van der Waals surface area contributed by atoms with Crippen LogP contribution in [0.3, 0.4) is 0 Å². The molecule has 0 atom stereocenters. The molecule has 0 aliphatic carbocycles. The lowest BCUT2D eigenvalue weighted by molar-refractivity contribution is 0.0517. The van der Waals surface area contributed by atoms with Gasteiger partial charge >= 0.3 is 11.9 Å². The number of carbonyl (C=O) groups excluding carboxylic acids is 3. The van der Waals surface area contributed by atoms with Crippen LogP contribution in [-0.4, -0.2) is 36.4 Å². The van der Waals surface area contributed by atoms with E-state index in [0.717, 1.165) is 0 Å². The number of aromatic amines is 1. The number of nitrogens with one attached hydrogen (secondary N) is 1. The van der Waals surface area contributed by atoms with Crippen molar-refractivity contribution >= 4 is 18.2 Å². The van der Waals surface area contributed by atoms with Gasteiger partial charge in [-0.3, -0.25) is 4.79 Å². The summed E-state index contributed by atoms with van der Waals surface area (Å²) in [5, 5.41) is 0. The van der Waals surface area contributed by atoms with Crippen molar-refractivity contribution < 1.29 is 23.9 Å². The van der Waals surface area contributed by atoms with Gasteiger partial charge in [-0.2, -0.15) is 0 Å². The molecule has 1 N–H and O–H groups in total. The van der Waals surface area contributed by atoms with E-state index in [0.29, 0.717) is 11.8 Å². The molecule has 6 nitrogen and oxygen atoms in total. The molecule has 0 bridgehead atoms. The average Bonchev–Trinajstić information content (AvgIpc) is 2.78. The zero-order valence-electron chi connectivity index (χ0n) is 12.1. The summed E-state index contributed by atoms with van der Waals surface area (Å²) >= 11 is 0. The second-order valence-corrected chi connectivity index (χ2v) is 4.42. The molecule has 0 aliphatic heterocycles. The minimum absolute atomic E-state index is 0.0372. The number of ether oxygens (including phenoxy) is 2. The SMILES string of the molecule is CCOC(=O)c1[nH]c(C=O)c(C(=O)OCC)c1C(C)C. The van der Waals surface area contributed by atoms with Crippen molar-refractivity contribution in [2.45, 2.75) is 33.6 Å². The summed E-state index contributed by atoms with van der Waals surface area (Å²) in [5.74, 6) is -1.35. The summed E-state index contributed by atoms with van der Waals surface area (Å²) in [7, 11) is 0. The lowest BCUT2D eigenvalue weighted by Gasteiger charge is -2.10. The summed E-state index contributed by atoms with van der Waals surface area (Å²) in [6, 6.07) is 0. The van der Waals surface area contributed by atoms with Crippen LogP contribution in [0.2, 0.25) is 0 Å². The van der Waals surface area contributed by atoms with Gasteiger partial charge in [-0.25, -0.2) is 9.59 Å². The van der Waals surface area contributed by atoms with Crippen molar-refractivity contribution in [1.29, 1.82) is 0 Å². The highest BCUT2D eigenvalue weighted by molar-refractivity contribution is 6.03. The van der Waals surface area contributed by atoms with Gasteiger partial charge in [0, 0.05) is 5.56 Å². The van der Waals surface area contributed by atoms with Crippen LogP contribution < -0.4 is 0 Å². The Hall–Kier alpha value is -2.11. The van der Waals surface area contributed by atoms with Crippen molar-refractivity contribution in [2.24, 2.45) is 0 Å². The quantitative estimate of drug-likeness (QED) is 0.638. The predicted molar refractivity (Wildman–Crippen MR) is 72.2 cm³/mol. The van der Waals surface area contributed by atoms with Crippen LogP contribution in [0.4, 0.5) is 0 Å². The standard InChI is InChI=1S/C14H19NO5/c1-5-19-13(17)11-9(7-16)15-12(10(11)8(3)4)14(18)20-6-2/h7-8,15H,5-6H2,1-4H3. The van der Waals surface area contributed by atoms with Gasteiger partial charge in [0.1, 0.15) is 5.69 Å². The fourth-order valence-electron chi connectivity index (χ4n) is 1.99. The number of hydrogen-bond acceptors (Lipinski definition) is 5. The maximum atomic E-state index is 12.0. The molecule has 0 amide bonds. The van der Waals surface area contributed by atoms with Gasteiger partial charge < -0.3 is 14.5 Å². The highest BCUT2D eigenvalue weighted by Crippen LogP contribution is 2.27. The molecule has 0 saturated carbocycles. The molecule has 110 valence electrons. The molecule has 0 radical (unpaired) electrons. The second kappa shape index (κ2) is 6.88. The molecule has 0 fully saturated rings. The van der Waals surface area contributed by atoms with Crippen molar-refractivity contribution in [2.75, 3.05) is 13.2 Å².